The largest absolute Gasteiger partial charge is 0.507 e. The number of benzene rings is 1. The maximum absolute atomic E-state index is 9.68. The van der Waals surface area contributed by atoms with E-state index in [9.17, 15) is 5.11 Å². The Kier molecular flexibility index (Phi) is 3.38. The lowest BCUT2D eigenvalue weighted by Gasteiger charge is -2.07. The number of nitrogens with one attached hydrogen (secondary N) is 2. The third-order valence-corrected chi connectivity index (χ3v) is 2.39. The zero-order valence-electron chi connectivity index (χ0n) is 9.59. The van der Waals surface area contributed by atoms with Gasteiger partial charge in [-0.25, -0.2) is 4.98 Å². The minimum absolute atomic E-state index is 0.000876. The molecule has 1 aromatic heterocycles. The fraction of sp³-hybridized carbons (Fsp3) is 0.0833. The first-order valence-electron chi connectivity index (χ1n) is 5.33. The summed E-state index contributed by atoms with van der Waals surface area (Å²) in [5.74, 6) is 0.509. The Morgan fingerprint density at radius 3 is 2.83 bits per heavy atom. The van der Waals surface area contributed by atoms with E-state index in [0.717, 1.165) is 5.56 Å². The number of phenols is 1. The smallest absolute Gasteiger partial charge is 0.144 e. The molecule has 1 aromatic carbocycles. The Morgan fingerprint density at radius 1 is 1.39 bits per heavy atom. The molecule has 18 heavy (non-hydrogen) atoms. The van der Waals surface area contributed by atoms with E-state index in [1.54, 1.807) is 36.8 Å². The predicted molar refractivity (Wildman–Crippen MR) is 68.5 cm³/mol. The van der Waals surface area contributed by atoms with Crippen LogP contribution in [-0.2, 0) is 6.54 Å². The Bertz CT molecular complexity index is 556. The van der Waals surface area contributed by atoms with E-state index in [1.807, 2.05) is 0 Å². The van der Waals surface area contributed by atoms with Gasteiger partial charge in [0.25, 0.3) is 0 Å². The number of anilines is 1. The molecule has 0 spiro atoms. The standard InChI is InChI=1S/C12H13N5O/c13-12(14)9-2-1-8(5-10(9)18)6-17-11-7-15-3-4-16-11/h1-5,7,18H,6H2,(H3,13,14)(H,16,17). The molecule has 0 saturated carbocycles. The van der Waals surface area contributed by atoms with Gasteiger partial charge in [-0.2, -0.15) is 0 Å². The van der Waals surface area contributed by atoms with Crippen molar-refractivity contribution in [2.75, 3.05) is 5.32 Å². The summed E-state index contributed by atoms with van der Waals surface area (Å²) >= 11 is 0. The molecular weight excluding hydrogens is 230 g/mol. The van der Waals surface area contributed by atoms with E-state index in [0.29, 0.717) is 17.9 Å². The van der Waals surface area contributed by atoms with Crippen molar-refractivity contribution in [1.29, 1.82) is 5.41 Å². The van der Waals surface area contributed by atoms with Crippen LogP contribution in [-0.4, -0.2) is 20.9 Å². The second-order valence-electron chi connectivity index (χ2n) is 3.71. The van der Waals surface area contributed by atoms with Crippen molar-refractivity contribution in [3.05, 3.63) is 47.9 Å². The van der Waals surface area contributed by atoms with E-state index >= 15 is 0 Å². The first-order valence-corrected chi connectivity index (χ1v) is 5.33. The molecule has 0 bridgehead atoms. The number of phenolic OH excluding ortho intramolecular Hbond substituents is 1. The zero-order chi connectivity index (χ0) is 13.0. The minimum Gasteiger partial charge on any atom is -0.507 e. The summed E-state index contributed by atoms with van der Waals surface area (Å²) in [5.41, 5.74) is 6.51. The molecule has 0 aliphatic rings. The van der Waals surface area contributed by atoms with Gasteiger partial charge in [0, 0.05) is 18.9 Å². The van der Waals surface area contributed by atoms with Crippen LogP contribution < -0.4 is 11.1 Å². The summed E-state index contributed by atoms with van der Waals surface area (Å²) < 4.78 is 0. The van der Waals surface area contributed by atoms with Gasteiger partial charge in [-0.15, -0.1) is 0 Å². The molecular formula is C12H13N5O. The maximum Gasteiger partial charge on any atom is 0.144 e. The molecule has 6 nitrogen and oxygen atoms in total. The fourth-order valence-corrected chi connectivity index (χ4v) is 1.50. The van der Waals surface area contributed by atoms with Crippen LogP contribution in [0.25, 0.3) is 0 Å². The van der Waals surface area contributed by atoms with Crippen molar-refractivity contribution in [1.82, 2.24) is 9.97 Å². The van der Waals surface area contributed by atoms with Crippen LogP contribution in [0.15, 0.2) is 36.8 Å². The van der Waals surface area contributed by atoms with Crippen molar-refractivity contribution < 1.29 is 5.11 Å². The van der Waals surface area contributed by atoms with Gasteiger partial charge in [0.2, 0.25) is 0 Å². The third-order valence-electron chi connectivity index (χ3n) is 2.39. The monoisotopic (exact) mass is 243 g/mol. The number of nitrogens with zero attached hydrogens (tertiary/aromatic N) is 2. The summed E-state index contributed by atoms with van der Waals surface area (Å²) in [6, 6.07) is 4.98. The SMILES string of the molecule is N=C(N)c1ccc(CNc2cnccn2)cc1O. The first-order chi connectivity index (χ1) is 8.66. The number of amidine groups is 1. The predicted octanol–water partition coefficient (Wildman–Crippen LogP) is 1.08. The van der Waals surface area contributed by atoms with Crippen molar-refractivity contribution in [3.63, 3.8) is 0 Å². The number of nitrogens with two attached hydrogens (primary N) is 1. The summed E-state index contributed by atoms with van der Waals surface area (Å²) in [6.45, 7) is 0.504. The van der Waals surface area contributed by atoms with Gasteiger partial charge >= 0.3 is 0 Å². The summed E-state index contributed by atoms with van der Waals surface area (Å²) in [6.07, 6.45) is 4.81. The van der Waals surface area contributed by atoms with E-state index in [1.165, 1.54) is 0 Å². The van der Waals surface area contributed by atoms with Gasteiger partial charge in [0.05, 0.1) is 11.8 Å². The highest BCUT2D eigenvalue weighted by molar-refractivity contribution is 5.97. The van der Waals surface area contributed by atoms with Crippen LogP contribution in [0.5, 0.6) is 5.75 Å². The maximum atomic E-state index is 9.68. The van der Waals surface area contributed by atoms with Gasteiger partial charge in [0.1, 0.15) is 17.4 Å². The highest BCUT2D eigenvalue weighted by Crippen LogP contribution is 2.18. The van der Waals surface area contributed by atoms with Crippen molar-refractivity contribution in [3.8, 4) is 5.75 Å². The molecule has 0 aliphatic carbocycles. The van der Waals surface area contributed by atoms with Gasteiger partial charge in [-0.1, -0.05) is 6.07 Å². The number of nitrogen functional groups attached to an aromatic ring is 1. The molecule has 0 atom stereocenters. The second-order valence-corrected chi connectivity index (χ2v) is 3.71. The fourth-order valence-electron chi connectivity index (χ4n) is 1.50. The molecule has 6 heteroatoms. The first kappa shape index (κ1) is 11.8. The molecule has 0 saturated heterocycles. The highest BCUT2D eigenvalue weighted by atomic mass is 16.3. The molecule has 2 aromatic rings. The molecule has 5 N–H and O–H groups in total. The summed E-state index contributed by atoms with van der Waals surface area (Å²) in [5, 5.41) is 20.0. The normalized spacial score (nSPS) is 10.0. The topological polar surface area (TPSA) is 108 Å². The van der Waals surface area contributed by atoms with Crippen LogP contribution in [0.2, 0.25) is 0 Å². The molecule has 92 valence electrons. The van der Waals surface area contributed by atoms with Crippen molar-refractivity contribution >= 4 is 11.7 Å². The Hall–Kier alpha value is -2.63. The summed E-state index contributed by atoms with van der Waals surface area (Å²) in [4.78, 5) is 8.00. The van der Waals surface area contributed by atoms with Crippen LogP contribution >= 0.6 is 0 Å². The molecule has 0 aliphatic heterocycles. The van der Waals surface area contributed by atoms with Crippen molar-refractivity contribution in [2.45, 2.75) is 6.54 Å². The lowest BCUT2D eigenvalue weighted by molar-refractivity contribution is 0.473. The Balaban J connectivity index is 2.07. The second kappa shape index (κ2) is 5.13. The average Bonchev–Trinajstić information content (AvgIpc) is 2.37. The molecule has 0 fully saturated rings. The van der Waals surface area contributed by atoms with Crippen LogP contribution in [0.1, 0.15) is 11.1 Å². The van der Waals surface area contributed by atoms with Crippen LogP contribution in [0.4, 0.5) is 5.82 Å². The van der Waals surface area contributed by atoms with Gasteiger partial charge < -0.3 is 16.2 Å². The van der Waals surface area contributed by atoms with E-state index in [-0.39, 0.29) is 11.6 Å². The van der Waals surface area contributed by atoms with Gasteiger partial charge in [-0.3, -0.25) is 10.4 Å². The quantitative estimate of drug-likeness (QED) is 0.474. The third kappa shape index (κ3) is 2.73. The molecule has 0 amide bonds. The lowest BCUT2D eigenvalue weighted by atomic mass is 10.1. The zero-order valence-corrected chi connectivity index (χ0v) is 9.59. The Labute approximate surface area is 104 Å². The summed E-state index contributed by atoms with van der Waals surface area (Å²) in [7, 11) is 0. The van der Waals surface area contributed by atoms with Crippen LogP contribution in [0.3, 0.4) is 0 Å². The molecule has 2 rings (SSSR count). The lowest BCUT2D eigenvalue weighted by Crippen LogP contribution is -2.11. The minimum atomic E-state index is -0.152. The Morgan fingerprint density at radius 2 is 2.22 bits per heavy atom. The molecule has 0 radical (unpaired) electrons. The van der Waals surface area contributed by atoms with E-state index in [2.05, 4.69) is 15.3 Å². The number of hydrogen-bond acceptors (Lipinski definition) is 5. The molecule has 0 unspecified atom stereocenters. The van der Waals surface area contributed by atoms with E-state index in [4.69, 9.17) is 11.1 Å². The average molecular weight is 243 g/mol. The number of rotatable bonds is 4. The highest BCUT2D eigenvalue weighted by Gasteiger charge is 2.05. The van der Waals surface area contributed by atoms with Gasteiger partial charge in [0.15, 0.2) is 0 Å². The van der Waals surface area contributed by atoms with E-state index < -0.39 is 0 Å². The van der Waals surface area contributed by atoms with Crippen LogP contribution in [0, 0.1) is 5.41 Å². The van der Waals surface area contributed by atoms with Crippen molar-refractivity contribution in [2.24, 2.45) is 5.73 Å². The number of hydrogen-bond donors (Lipinski definition) is 4. The number of aromatic hydroxyl groups is 1. The van der Waals surface area contributed by atoms with Gasteiger partial charge in [-0.05, 0) is 17.7 Å². The molecule has 1 heterocycles. The number of aromatic nitrogens is 2.